The monoisotopic (exact) mass is 708 g/mol. The normalized spacial score (nSPS) is 18.5. The quantitative estimate of drug-likeness (QED) is 0.148. The van der Waals surface area contributed by atoms with Gasteiger partial charge in [-0.3, -0.25) is 19.2 Å². The molecular weight excluding hydrogens is 665 g/mol. The van der Waals surface area contributed by atoms with Gasteiger partial charge < -0.3 is 25.5 Å². The van der Waals surface area contributed by atoms with E-state index in [0.29, 0.717) is 39.8 Å². The first-order valence-corrected chi connectivity index (χ1v) is 18.0. The van der Waals surface area contributed by atoms with Crippen molar-refractivity contribution in [3.05, 3.63) is 103 Å². The number of nitrogens with one attached hydrogen (secondary N) is 3. The van der Waals surface area contributed by atoms with E-state index in [9.17, 15) is 29.4 Å². The van der Waals surface area contributed by atoms with Crippen molar-refractivity contribution in [2.45, 2.75) is 78.5 Å². The molecule has 1 unspecified atom stereocenters. The van der Waals surface area contributed by atoms with E-state index in [1.165, 1.54) is 5.56 Å². The fourth-order valence-corrected chi connectivity index (χ4v) is 7.43. The van der Waals surface area contributed by atoms with Gasteiger partial charge in [-0.05, 0) is 125 Å². The number of aliphatic imine (C=N–C) groups is 1. The van der Waals surface area contributed by atoms with Gasteiger partial charge >= 0.3 is 11.9 Å². The van der Waals surface area contributed by atoms with Crippen LogP contribution < -0.4 is 16.0 Å². The lowest BCUT2D eigenvalue weighted by Gasteiger charge is -2.04. The number of hydrogen-bond donors (Lipinski definition) is 5. The van der Waals surface area contributed by atoms with Crippen molar-refractivity contribution in [2.75, 3.05) is 5.75 Å². The van der Waals surface area contributed by atoms with E-state index in [1.807, 2.05) is 65.8 Å². The average Bonchev–Trinajstić information content (AvgIpc) is 3.72. The highest BCUT2D eigenvalue weighted by Crippen LogP contribution is 2.30. The lowest BCUT2D eigenvalue weighted by Crippen LogP contribution is -2.16. The Labute approximate surface area is 301 Å². The zero-order valence-corrected chi connectivity index (χ0v) is 30.6. The van der Waals surface area contributed by atoms with Crippen LogP contribution in [0.4, 0.5) is 0 Å². The molecule has 2 amide bonds. The van der Waals surface area contributed by atoms with Crippen LogP contribution in [0.25, 0.3) is 18.2 Å². The summed E-state index contributed by atoms with van der Waals surface area (Å²) in [6, 6.07) is 8.30. The summed E-state index contributed by atoms with van der Waals surface area (Å²) in [6.45, 7) is 11.5. The molecule has 266 valence electrons. The molecule has 2 aliphatic rings. The number of aromatic amines is 2. The van der Waals surface area contributed by atoms with E-state index in [-0.39, 0.29) is 43.4 Å². The minimum Gasteiger partial charge on any atom is -0.481 e. The van der Waals surface area contributed by atoms with Crippen LogP contribution in [0.3, 0.4) is 0 Å². The molecule has 0 radical (unpaired) electrons. The summed E-state index contributed by atoms with van der Waals surface area (Å²) in [5.74, 6) is -1.72. The maximum absolute atomic E-state index is 13.0. The number of carboxylic acid groups (broad SMARTS) is 2. The van der Waals surface area contributed by atoms with Gasteiger partial charge in [0, 0.05) is 56.8 Å². The number of nitrogens with zero attached hydrogens (tertiary/aromatic N) is 1. The number of aliphatic carboxylic acids is 2. The smallest absolute Gasteiger partial charge is 0.303 e. The van der Waals surface area contributed by atoms with Crippen molar-refractivity contribution in [3.63, 3.8) is 0 Å². The van der Waals surface area contributed by atoms with Gasteiger partial charge in [0.25, 0.3) is 5.91 Å². The molecule has 1 aromatic carbocycles. The fourth-order valence-electron chi connectivity index (χ4n) is 6.56. The van der Waals surface area contributed by atoms with Crippen molar-refractivity contribution in [2.24, 2.45) is 10.9 Å². The minimum absolute atomic E-state index is 0.0800. The first-order valence-electron chi connectivity index (χ1n) is 17.0. The first kappa shape index (κ1) is 37.1. The predicted molar refractivity (Wildman–Crippen MR) is 201 cm³/mol. The molecule has 10 nitrogen and oxygen atoms in total. The Morgan fingerprint density at radius 1 is 0.843 bits per heavy atom. The SMILES string of the molecule is C/C=C1/C(=C/c2[nH]c(/C=c3\[nH]/c(=C\C4=NC(=O)C(CCSc5ccc(C)cc5)=C4C)c(C)c3CCC(=O)O)c(CCC(=O)O)c2C)NC(=O)C1C. The van der Waals surface area contributed by atoms with Crippen molar-refractivity contribution in [3.8, 4) is 0 Å². The van der Waals surface area contributed by atoms with E-state index in [0.717, 1.165) is 49.7 Å². The molecule has 2 aliphatic heterocycles. The van der Waals surface area contributed by atoms with E-state index < -0.39 is 11.9 Å². The molecule has 0 aliphatic carbocycles. The summed E-state index contributed by atoms with van der Waals surface area (Å²) < 4.78 is 0. The molecule has 0 bridgehead atoms. The van der Waals surface area contributed by atoms with Crippen LogP contribution in [0.2, 0.25) is 0 Å². The zero-order valence-electron chi connectivity index (χ0n) is 29.8. The summed E-state index contributed by atoms with van der Waals surface area (Å²) in [5, 5.41) is 23.4. The van der Waals surface area contributed by atoms with Crippen LogP contribution in [0.5, 0.6) is 0 Å². The zero-order chi connectivity index (χ0) is 37.0. The Morgan fingerprint density at radius 3 is 2.16 bits per heavy atom. The van der Waals surface area contributed by atoms with E-state index >= 15 is 0 Å². The van der Waals surface area contributed by atoms with Gasteiger partial charge in [-0.15, -0.1) is 11.8 Å². The van der Waals surface area contributed by atoms with Gasteiger partial charge in [0.1, 0.15) is 0 Å². The maximum atomic E-state index is 13.0. The van der Waals surface area contributed by atoms with Gasteiger partial charge in [-0.2, -0.15) is 0 Å². The van der Waals surface area contributed by atoms with Gasteiger partial charge in [-0.25, -0.2) is 4.99 Å². The van der Waals surface area contributed by atoms with Crippen molar-refractivity contribution >= 4 is 59.5 Å². The molecule has 0 spiro atoms. The molecule has 1 atom stereocenters. The van der Waals surface area contributed by atoms with Crippen LogP contribution in [-0.4, -0.2) is 55.4 Å². The summed E-state index contributed by atoms with van der Waals surface area (Å²) >= 11 is 1.69. The molecule has 2 aromatic heterocycles. The number of carbonyl (C=O) groups is 4. The van der Waals surface area contributed by atoms with Crippen LogP contribution in [0.1, 0.15) is 79.2 Å². The largest absolute Gasteiger partial charge is 0.481 e. The lowest BCUT2D eigenvalue weighted by molar-refractivity contribution is -0.138. The number of carboxylic acids is 2. The summed E-state index contributed by atoms with van der Waals surface area (Å²) in [5.41, 5.74) is 9.56. The fraction of sp³-hybridized carbons (Fsp3) is 0.325. The molecule has 5 N–H and O–H groups in total. The topological polar surface area (TPSA) is 165 Å². The molecule has 51 heavy (non-hydrogen) atoms. The van der Waals surface area contributed by atoms with Crippen LogP contribution in [0.15, 0.2) is 62.6 Å². The summed E-state index contributed by atoms with van der Waals surface area (Å²) in [4.78, 5) is 61.1. The van der Waals surface area contributed by atoms with Crippen molar-refractivity contribution < 1.29 is 29.4 Å². The predicted octanol–water partition coefficient (Wildman–Crippen LogP) is 5.44. The van der Waals surface area contributed by atoms with Crippen molar-refractivity contribution in [1.29, 1.82) is 0 Å². The molecule has 3 aromatic rings. The summed E-state index contributed by atoms with van der Waals surface area (Å²) in [6.07, 6.45) is 8.45. The van der Waals surface area contributed by atoms with Crippen LogP contribution in [-0.2, 0) is 32.0 Å². The Morgan fingerprint density at radius 2 is 1.51 bits per heavy atom. The van der Waals surface area contributed by atoms with E-state index in [1.54, 1.807) is 11.8 Å². The second kappa shape index (κ2) is 15.8. The molecule has 1 fully saturated rings. The molecular formula is C40H44N4O6S. The number of aromatic nitrogens is 2. The van der Waals surface area contributed by atoms with E-state index in [4.69, 9.17) is 0 Å². The van der Waals surface area contributed by atoms with E-state index in [2.05, 4.69) is 44.5 Å². The number of allylic oxidation sites excluding steroid dienone is 3. The lowest BCUT2D eigenvalue weighted by atomic mass is 10.00. The number of thioether (sulfide) groups is 1. The Bertz CT molecular complexity index is 2160. The van der Waals surface area contributed by atoms with Gasteiger partial charge in [0.05, 0.1) is 11.6 Å². The third kappa shape index (κ3) is 8.42. The number of amides is 2. The number of aryl methyl sites for hydroxylation is 1. The maximum Gasteiger partial charge on any atom is 0.303 e. The third-order valence-electron chi connectivity index (χ3n) is 9.64. The number of carbonyl (C=O) groups excluding carboxylic acids is 2. The van der Waals surface area contributed by atoms with Crippen molar-refractivity contribution in [1.82, 2.24) is 15.3 Å². The number of H-pyrrole nitrogens is 2. The number of hydrogen-bond acceptors (Lipinski definition) is 5. The molecule has 1 saturated heterocycles. The second-order valence-corrected chi connectivity index (χ2v) is 14.2. The highest BCUT2D eigenvalue weighted by atomic mass is 32.2. The third-order valence-corrected chi connectivity index (χ3v) is 10.7. The summed E-state index contributed by atoms with van der Waals surface area (Å²) in [7, 11) is 0. The minimum atomic E-state index is -0.927. The molecule has 0 saturated carbocycles. The molecule has 4 heterocycles. The average molecular weight is 709 g/mol. The Balaban J connectivity index is 1.54. The molecule has 11 heteroatoms. The van der Waals surface area contributed by atoms with Crippen LogP contribution >= 0.6 is 11.8 Å². The highest BCUT2D eigenvalue weighted by Gasteiger charge is 2.29. The van der Waals surface area contributed by atoms with Gasteiger partial charge in [0.15, 0.2) is 0 Å². The van der Waals surface area contributed by atoms with Crippen LogP contribution in [0, 0.1) is 26.7 Å². The number of rotatable bonds is 13. The number of benzene rings is 1. The second-order valence-electron chi connectivity index (χ2n) is 13.0. The molecule has 5 rings (SSSR count). The Hall–Kier alpha value is -5.16. The Kier molecular flexibility index (Phi) is 11.5. The van der Waals surface area contributed by atoms with Gasteiger partial charge in [-0.1, -0.05) is 23.8 Å². The van der Waals surface area contributed by atoms with Gasteiger partial charge in [0.2, 0.25) is 5.91 Å². The standard InChI is InChI=1S/C40H44N4O6S/c1-7-27-25(6)39(49)44-34(27)19-32-23(4)29(13-15-38(47)48)36(42-32)20-35-28(12-14-37(45)46)22(3)31(41-35)18-33-24(5)30(40(50)43-33)16-17-51-26-10-8-21(2)9-11-26/h7-11,18-20,25,41-42H,12-17H2,1-6H3,(H,44,49)(H,45,46)(H,47,48)/b27-7+,31-18-,34-19-,35-20-. The first-order chi connectivity index (χ1) is 24.3. The highest BCUT2D eigenvalue weighted by molar-refractivity contribution is 7.99.